The Labute approximate surface area is 193 Å². The van der Waals surface area contributed by atoms with Crippen LogP contribution in [0.15, 0.2) is 65.6 Å². The van der Waals surface area contributed by atoms with Gasteiger partial charge in [-0.25, -0.2) is 0 Å². The van der Waals surface area contributed by atoms with E-state index in [1.54, 1.807) is 6.08 Å². The molecule has 3 aromatic carbocycles. The van der Waals surface area contributed by atoms with Crippen molar-refractivity contribution in [1.29, 1.82) is 0 Å². The van der Waals surface area contributed by atoms with E-state index in [1.165, 1.54) is 15.7 Å². The molecular formula is C24H20INO3S. The zero-order valence-corrected chi connectivity index (χ0v) is 19.4. The molecule has 4 nitrogen and oxygen atoms in total. The van der Waals surface area contributed by atoms with Gasteiger partial charge >= 0.3 is 0 Å². The van der Waals surface area contributed by atoms with Crippen molar-refractivity contribution in [3.63, 3.8) is 0 Å². The van der Waals surface area contributed by atoms with Gasteiger partial charge in [-0.15, -0.1) is 0 Å². The Bertz CT molecular complexity index is 1160. The van der Waals surface area contributed by atoms with Crippen LogP contribution in [0.3, 0.4) is 0 Å². The Kier molecular flexibility index (Phi) is 6.43. The topological polar surface area (TPSA) is 46.6 Å². The number of carbonyl (C=O) groups excluding carboxylic acids is 2. The standard InChI is InChI=1S/C24H20INO3S/c1-2-11-26-23(27)22(30-24(26)28)14-16-8-10-21(20(25)13-16)29-15-17-7-9-18-5-3-4-6-19(18)12-17/h3-10,12-14H,2,11,15H2,1H3/b22-14+. The number of ether oxygens (including phenoxy) is 1. The number of amides is 2. The van der Waals surface area contributed by atoms with Crippen LogP contribution in [0, 0.1) is 3.57 Å². The fourth-order valence-corrected chi connectivity index (χ4v) is 4.84. The van der Waals surface area contributed by atoms with E-state index in [2.05, 4.69) is 52.9 Å². The number of hydrogen-bond acceptors (Lipinski definition) is 4. The molecule has 0 spiro atoms. The summed E-state index contributed by atoms with van der Waals surface area (Å²) in [4.78, 5) is 26.2. The SMILES string of the molecule is CCCN1C(=O)S/C(=C/c2ccc(OCc3ccc4ccccc4c3)c(I)c2)C1=O. The molecule has 0 unspecified atom stereocenters. The average molecular weight is 529 g/mol. The summed E-state index contributed by atoms with van der Waals surface area (Å²) in [5.41, 5.74) is 1.98. The van der Waals surface area contributed by atoms with Crippen LogP contribution in [0.2, 0.25) is 0 Å². The summed E-state index contributed by atoms with van der Waals surface area (Å²) in [7, 11) is 0. The van der Waals surface area contributed by atoms with Crippen LogP contribution in [0.4, 0.5) is 4.79 Å². The number of thioether (sulfide) groups is 1. The first-order valence-electron chi connectivity index (χ1n) is 9.70. The maximum Gasteiger partial charge on any atom is 0.293 e. The number of rotatable bonds is 6. The largest absolute Gasteiger partial charge is 0.488 e. The van der Waals surface area contributed by atoms with Crippen molar-refractivity contribution in [1.82, 2.24) is 4.90 Å². The van der Waals surface area contributed by atoms with Crippen LogP contribution >= 0.6 is 34.4 Å². The molecule has 1 heterocycles. The number of fused-ring (bicyclic) bond motifs is 1. The third-order valence-corrected chi connectivity index (χ3v) is 6.53. The quantitative estimate of drug-likeness (QED) is 0.271. The minimum atomic E-state index is -0.210. The summed E-state index contributed by atoms with van der Waals surface area (Å²) in [5.74, 6) is 0.582. The molecule has 152 valence electrons. The molecule has 6 heteroatoms. The van der Waals surface area contributed by atoms with Gasteiger partial charge in [-0.3, -0.25) is 14.5 Å². The van der Waals surface area contributed by atoms with Gasteiger partial charge < -0.3 is 4.74 Å². The zero-order chi connectivity index (χ0) is 21.1. The Morgan fingerprint density at radius 1 is 1.03 bits per heavy atom. The predicted octanol–water partition coefficient (Wildman–Crippen LogP) is 6.47. The molecular weight excluding hydrogens is 509 g/mol. The number of hydrogen-bond donors (Lipinski definition) is 0. The summed E-state index contributed by atoms with van der Waals surface area (Å²) >= 11 is 3.23. The zero-order valence-electron chi connectivity index (χ0n) is 16.4. The molecule has 0 bridgehead atoms. The summed E-state index contributed by atoms with van der Waals surface area (Å²) < 4.78 is 6.97. The van der Waals surface area contributed by atoms with E-state index in [0.717, 1.165) is 38.6 Å². The minimum absolute atomic E-state index is 0.196. The summed E-state index contributed by atoms with van der Waals surface area (Å²) in [6.07, 6.45) is 2.53. The molecule has 2 amide bonds. The van der Waals surface area contributed by atoms with Crippen molar-refractivity contribution in [3.8, 4) is 5.75 Å². The second-order valence-electron chi connectivity index (χ2n) is 6.99. The van der Waals surface area contributed by atoms with Gasteiger partial charge in [0.1, 0.15) is 12.4 Å². The predicted molar refractivity (Wildman–Crippen MR) is 130 cm³/mol. The lowest BCUT2D eigenvalue weighted by Crippen LogP contribution is -2.28. The van der Waals surface area contributed by atoms with E-state index in [4.69, 9.17) is 4.74 Å². The van der Waals surface area contributed by atoms with Crippen molar-refractivity contribution in [2.75, 3.05) is 6.54 Å². The first-order chi connectivity index (χ1) is 14.5. The third kappa shape index (κ3) is 4.54. The molecule has 0 radical (unpaired) electrons. The van der Waals surface area contributed by atoms with Crippen molar-refractivity contribution in [2.45, 2.75) is 20.0 Å². The Hall–Kier alpha value is -2.32. The van der Waals surface area contributed by atoms with E-state index in [-0.39, 0.29) is 11.1 Å². The van der Waals surface area contributed by atoms with Crippen LogP contribution in [0.5, 0.6) is 5.75 Å². The number of halogens is 1. The molecule has 1 aliphatic heterocycles. The Balaban J connectivity index is 1.46. The van der Waals surface area contributed by atoms with Crippen LogP contribution in [0.25, 0.3) is 16.8 Å². The highest BCUT2D eigenvalue weighted by molar-refractivity contribution is 14.1. The first-order valence-corrected chi connectivity index (χ1v) is 11.6. The molecule has 1 fully saturated rings. The summed E-state index contributed by atoms with van der Waals surface area (Å²) in [6, 6.07) is 20.4. The molecule has 0 atom stereocenters. The van der Waals surface area contributed by atoms with Crippen LogP contribution in [0.1, 0.15) is 24.5 Å². The van der Waals surface area contributed by atoms with Gasteiger partial charge in [0.05, 0.1) is 8.48 Å². The molecule has 4 rings (SSSR count). The highest BCUT2D eigenvalue weighted by Gasteiger charge is 2.34. The monoisotopic (exact) mass is 529 g/mol. The van der Waals surface area contributed by atoms with E-state index in [9.17, 15) is 9.59 Å². The van der Waals surface area contributed by atoms with E-state index < -0.39 is 0 Å². The van der Waals surface area contributed by atoms with Gasteiger partial charge in [-0.2, -0.15) is 0 Å². The van der Waals surface area contributed by atoms with Crippen LogP contribution in [-0.2, 0) is 11.4 Å². The molecule has 0 saturated carbocycles. The van der Waals surface area contributed by atoms with Gasteiger partial charge in [0.2, 0.25) is 0 Å². The van der Waals surface area contributed by atoms with E-state index in [0.29, 0.717) is 18.1 Å². The van der Waals surface area contributed by atoms with Crippen molar-refractivity contribution in [2.24, 2.45) is 0 Å². The molecule has 0 aromatic heterocycles. The Morgan fingerprint density at radius 3 is 2.60 bits per heavy atom. The third-order valence-electron chi connectivity index (χ3n) is 4.78. The van der Waals surface area contributed by atoms with Gasteiger partial charge in [0.25, 0.3) is 11.1 Å². The molecule has 3 aromatic rings. The number of benzene rings is 3. The lowest BCUT2D eigenvalue weighted by atomic mass is 10.1. The van der Waals surface area contributed by atoms with Crippen LogP contribution in [-0.4, -0.2) is 22.6 Å². The molecule has 30 heavy (non-hydrogen) atoms. The number of nitrogens with zero attached hydrogens (tertiary/aromatic N) is 1. The van der Waals surface area contributed by atoms with Gasteiger partial charge in [0.15, 0.2) is 0 Å². The highest BCUT2D eigenvalue weighted by atomic mass is 127. The Morgan fingerprint density at radius 2 is 1.83 bits per heavy atom. The van der Waals surface area contributed by atoms with Crippen molar-refractivity contribution < 1.29 is 14.3 Å². The van der Waals surface area contributed by atoms with Crippen molar-refractivity contribution in [3.05, 3.63) is 80.3 Å². The highest BCUT2D eigenvalue weighted by Crippen LogP contribution is 2.33. The lowest BCUT2D eigenvalue weighted by molar-refractivity contribution is -0.122. The smallest absolute Gasteiger partial charge is 0.293 e. The second-order valence-corrected chi connectivity index (χ2v) is 9.15. The first kappa shape index (κ1) is 20.9. The van der Waals surface area contributed by atoms with Gasteiger partial charge in [0, 0.05) is 6.54 Å². The van der Waals surface area contributed by atoms with Gasteiger partial charge in [-0.1, -0.05) is 49.4 Å². The molecule has 1 saturated heterocycles. The maximum atomic E-state index is 12.4. The number of carbonyl (C=O) groups is 2. The average Bonchev–Trinajstić information content (AvgIpc) is 3.00. The fraction of sp³-hybridized carbons (Fsp3) is 0.167. The van der Waals surface area contributed by atoms with E-state index >= 15 is 0 Å². The molecule has 1 aliphatic rings. The summed E-state index contributed by atoms with van der Waals surface area (Å²) in [6.45, 7) is 2.89. The van der Waals surface area contributed by atoms with Crippen molar-refractivity contribution >= 4 is 62.3 Å². The minimum Gasteiger partial charge on any atom is -0.488 e. The molecule has 0 aliphatic carbocycles. The lowest BCUT2D eigenvalue weighted by Gasteiger charge is -2.10. The molecule has 0 N–H and O–H groups in total. The normalized spacial score (nSPS) is 15.4. The van der Waals surface area contributed by atoms with Crippen LogP contribution < -0.4 is 4.74 Å². The summed E-state index contributed by atoms with van der Waals surface area (Å²) in [5, 5.41) is 2.21. The second kappa shape index (κ2) is 9.22. The van der Waals surface area contributed by atoms with E-state index in [1.807, 2.05) is 37.3 Å². The fourth-order valence-electron chi connectivity index (χ4n) is 3.28. The maximum absolute atomic E-state index is 12.4. The number of imide groups is 1. The van der Waals surface area contributed by atoms with Gasteiger partial charge in [-0.05, 0) is 86.9 Å².